The second-order valence-electron chi connectivity index (χ2n) is 7.69. The number of fused-ring (bicyclic) bond motifs is 1. The minimum atomic E-state index is -0.730. The van der Waals surface area contributed by atoms with Gasteiger partial charge in [-0.25, -0.2) is 9.97 Å². The van der Waals surface area contributed by atoms with Gasteiger partial charge in [0.2, 0.25) is 5.91 Å². The molecule has 0 spiro atoms. The Labute approximate surface area is 184 Å². The van der Waals surface area contributed by atoms with Crippen molar-refractivity contribution in [3.63, 3.8) is 0 Å². The fraction of sp³-hybridized carbons (Fsp3) is 0.409. The summed E-state index contributed by atoms with van der Waals surface area (Å²) < 4.78 is 19.3. The van der Waals surface area contributed by atoms with E-state index in [1.807, 2.05) is 36.0 Å². The molecular weight excluding hydrogens is 412 g/mol. The van der Waals surface area contributed by atoms with Crippen molar-refractivity contribution in [2.75, 3.05) is 32.8 Å². The molecule has 1 N–H and O–H groups in total. The first-order valence-electron chi connectivity index (χ1n) is 10.0. The van der Waals surface area contributed by atoms with Crippen molar-refractivity contribution < 1.29 is 19.0 Å². The van der Waals surface area contributed by atoms with Crippen LogP contribution in [0.15, 0.2) is 30.6 Å². The van der Waals surface area contributed by atoms with Gasteiger partial charge in [0.1, 0.15) is 17.2 Å². The van der Waals surface area contributed by atoms with E-state index >= 15 is 0 Å². The van der Waals surface area contributed by atoms with Crippen LogP contribution in [0.3, 0.4) is 0 Å². The maximum absolute atomic E-state index is 11.5. The lowest BCUT2D eigenvalue weighted by Gasteiger charge is -2.40. The maximum Gasteiger partial charge on any atom is 0.222 e. The number of hydrogen-bond donors (Lipinski definition) is 1. The SMILES string of the molecule is COc1cc(-c2cn(C)c3cnc(NC(C)=O)cc23)nc([C@]2(OC)COCCC2[Si])c1. The van der Waals surface area contributed by atoms with Gasteiger partial charge in [-0.2, -0.15) is 0 Å². The molecule has 8 nitrogen and oxygen atoms in total. The average molecular weight is 438 g/mol. The van der Waals surface area contributed by atoms with Crippen molar-refractivity contribution >= 4 is 32.9 Å². The summed E-state index contributed by atoms with van der Waals surface area (Å²) in [5, 5.41) is 3.67. The van der Waals surface area contributed by atoms with E-state index in [1.54, 1.807) is 20.4 Å². The van der Waals surface area contributed by atoms with Crippen LogP contribution in [-0.2, 0) is 26.9 Å². The van der Waals surface area contributed by atoms with Crippen LogP contribution in [0.5, 0.6) is 5.75 Å². The van der Waals surface area contributed by atoms with E-state index in [0.29, 0.717) is 24.8 Å². The van der Waals surface area contributed by atoms with Crippen LogP contribution < -0.4 is 10.1 Å². The molecule has 1 saturated heterocycles. The van der Waals surface area contributed by atoms with Gasteiger partial charge in [-0.15, -0.1) is 0 Å². The Kier molecular flexibility index (Phi) is 5.83. The molecule has 2 atom stereocenters. The van der Waals surface area contributed by atoms with Gasteiger partial charge in [-0.3, -0.25) is 4.79 Å². The summed E-state index contributed by atoms with van der Waals surface area (Å²) in [6.45, 7) is 2.52. The molecule has 0 bridgehead atoms. The molecular formula is C22H25N4O4Si. The van der Waals surface area contributed by atoms with E-state index in [1.165, 1.54) is 6.92 Å². The van der Waals surface area contributed by atoms with Gasteiger partial charge in [0.15, 0.2) is 0 Å². The quantitative estimate of drug-likeness (QED) is 0.618. The van der Waals surface area contributed by atoms with E-state index in [2.05, 4.69) is 20.5 Å². The van der Waals surface area contributed by atoms with Gasteiger partial charge in [0.25, 0.3) is 0 Å². The highest BCUT2D eigenvalue weighted by atomic mass is 28.1. The van der Waals surface area contributed by atoms with Crippen molar-refractivity contribution in [1.82, 2.24) is 14.5 Å². The summed E-state index contributed by atoms with van der Waals surface area (Å²) >= 11 is 0. The molecule has 3 aromatic rings. The number of carbonyl (C=O) groups is 1. The van der Waals surface area contributed by atoms with E-state index < -0.39 is 5.60 Å². The Bertz CT molecular complexity index is 1130. The highest BCUT2D eigenvalue weighted by Crippen LogP contribution is 2.42. The van der Waals surface area contributed by atoms with Gasteiger partial charge < -0.3 is 24.1 Å². The molecule has 1 aliphatic heterocycles. The monoisotopic (exact) mass is 437 g/mol. The highest BCUT2D eigenvalue weighted by molar-refractivity contribution is 6.12. The van der Waals surface area contributed by atoms with Crippen LogP contribution in [0.4, 0.5) is 5.82 Å². The third kappa shape index (κ3) is 3.84. The zero-order valence-corrected chi connectivity index (χ0v) is 19.1. The first-order valence-corrected chi connectivity index (χ1v) is 10.6. The van der Waals surface area contributed by atoms with E-state index in [-0.39, 0.29) is 11.4 Å². The van der Waals surface area contributed by atoms with Crippen LogP contribution >= 0.6 is 0 Å². The number of anilines is 1. The summed E-state index contributed by atoms with van der Waals surface area (Å²) in [7, 11) is 9.09. The Morgan fingerprint density at radius 3 is 2.84 bits per heavy atom. The number of aromatic nitrogens is 3. The molecule has 3 aromatic heterocycles. The fourth-order valence-electron chi connectivity index (χ4n) is 4.03. The molecule has 1 fully saturated rings. The van der Waals surface area contributed by atoms with Crippen molar-refractivity contribution in [1.29, 1.82) is 0 Å². The van der Waals surface area contributed by atoms with Crippen molar-refractivity contribution in [2.45, 2.75) is 24.5 Å². The Morgan fingerprint density at radius 2 is 2.16 bits per heavy atom. The molecule has 9 heteroatoms. The normalized spacial score (nSPS) is 21.3. The van der Waals surface area contributed by atoms with Gasteiger partial charge in [-0.05, 0) is 18.0 Å². The van der Waals surface area contributed by atoms with E-state index in [4.69, 9.17) is 19.2 Å². The maximum atomic E-state index is 11.5. The molecule has 1 unspecified atom stereocenters. The number of hydrogen-bond acceptors (Lipinski definition) is 6. The number of nitrogens with zero attached hydrogens (tertiary/aromatic N) is 3. The lowest BCUT2D eigenvalue weighted by atomic mass is 9.90. The molecule has 1 amide bonds. The molecule has 0 aromatic carbocycles. The predicted molar refractivity (Wildman–Crippen MR) is 118 cm³/mol. The number of rotatable bonds is 5. The van der Waals surface area contributed by atoms with Crippen LogP contribution in [0.1, 0.15) is 19.0 Å². The lowest BCUT2D eigenvalue weighted by molar-refractivity contribution is -0.116. The Hall–Kier alpha value is -2.75. The number of amides is 1. The molecule has 0 aliphatic carbocycles. The number of ether oxygens (including phenoxy) is 3. The number of pyridine rings is 2. The topological polar surface area (TPSA) is 87.5 Å². The molecule has 1 aliphatic rings. The van der Waals surface area contributed by atoms with Crippen molar-refractivity contribution in [3.8, 4) is 17.0 Å². The number of methoxy groups -OCH3 is 2. The van der Waals surface area contributed by atoms with Crippen LogP contribution in [-0.4, -0.2) is 58.1 Å². The van der Waals surface area contributed by atoms with Crippen LogP contribution in [0.2, 0.25) is 5.54 Å². The first kappa shape index (κ1) is 21.5. The third-order valence-corrected chi connectivity index (χ3v) is 6.47. The summed E-state index contributed by atoms with van der Waals surface area (Å²) in [6, 6.07) is 5.65. The summed E-state index contributed by atoms with van der Waals surface area (Å²) in [4.78, 5) is 20.8. The van der Waals surface area contributed by atoms with Crippen LogP contribution in [0.25, 0.3) is 22.2 Å². The molecule has 3 radical (unpaired) electrons. The standard InChI is InChI=1S/C22H25N4O4Si/c1-13(27)24-21-9-15-16(11-26(2)18(15)10-23-21)17-7-14(28-3)8-19(25-17)22(29-4)12-30-6-5-20(22)31/h7-11,20H,5-6,12H2,1-4H3,(H,23,24,27)/t20?,22-/m1/s1. The summed E-state index contributed by atoms with van der Waals surface area (Å²) in [5.74, 6) is 0.993. The first-order chi connectivity index (χ1) is 14.9. The fourth-order valence-corrected chi connectivity index (χ4v) is 4.49. The zero-order valence-electron chi connectivity index (χ0n) is 18.1. The number of nitrogens with one attached hydrogen (secondary N) is 1. The zero-order chi connectivity index (χ0) is 22.2. The summed E-state index contributed by atoms with van der Waals surface area (Å²) in [5.41, 5.74) is 2.61. The molecule has 161 valence electrons. The van der Waals surface area contributed by atoms with Gasteiger partial charge in [0.05, 0.1) is 36.8 Å². The number of aryl methyl sites for hydroxylation is 1. The lowest BCUT2D eigenvalue weighted by Crippen LogP contribution is -2.43. The van der Waals surface area contributed by atoms with E-state index in [0.717, 1.165) is 34.3 Å². The van der Waals surface area contributed by atoms with Gasteiger partial charge in [0, 0.05) is 67.2 Å². The average Bonchev–Trinajstić information content (AvgIpc) is 3.09. The largest absolute Gasteiger partial charge is 0.497 e. The van der Waals surface area contributed by atoms with Crippen molar-refractivity contribution in [3.05, 3.63) is 36.3 Å². The molecule has 31 heavy (non-hydrogen) atoms. The third-order valence-electron chi connectivity index (χ3n) is 5.72. The molecule has 0 saturated carbocycles. The van der Waals surface area contributed by atoms with Gasteiger partial charge >= 0.3 is 0 Å². The Balaban J connectivity index is 1.89. The molecule has 4 rings (SSSR count). The smallest absolute Gasteiger partial charge is 0.222 e. The summed E-state index contributed by atoms with van der Waals surface area (Å²) in [6.07, 6.45) is 4.54. The second kappa shape index (κ2) is 8.41. The minimum Gasteiger partial charge on any atom is -0.497 e. The second-order valence-corrected chi connectivity index (χ2v) is 8.38. The van der Waals surface area contributed by atoms with Gasteiger partial charge in [-0.1, -0.05) is 0 Å². The highest BCUT2D eigenvalue weighted by Gasteiger charge is 2.43. The number of carbonyl (C=O) groups excluding carboxylic acids is 1. The van der Waals surface area contributed by atoms with Crippen molar-refractivity contribution in [2.24, 2.45) is 7.05 Å². The molecule has 4 heterocycles. The minimum absolute atomic E-state index is 0.0433. The Morgan fingerprint density at radius 1 is 1.35 bits per heavy atom. The predicted octanol–water partition coefficient (Wildman–Crippen LogP) is 2.82. The van der Waals surface area contributed by atoms with Crippen LogP contribution in [0, 0.1) is 0 Å². The van der Waals surface area contributed by atoms with E-state index in [9.17, 15) is 4.79 Å².